The molecule has 5 nitrogen and oxygen atoms in total. The van der Waals surface area contributed by atoms with Crippen LogP contribution in [0.3, 0.4) is 0 Å². The predicted molar refractivity (Wildman–Crippen MR) is 74.8 cm³/mol. The summed E-state index contributed by atoms with van der Waals surface area (Å²) in [5.74, 6) is 0. The molecule has 0 saturated heterocycles. The number of sulfonamides is 1. The molecule has 0 bridgehead atoms. The van der Waals surface area contributed by atoms with Crippen LogP contribution in [0.5, 0.6) is 0 Å². The Hall–Kier alpha value is -1.40. The minimum Gasteiger partial charge on any atom is -0.390 e. The summed E-state index contributed by atoms with van der Waals surface area (Å²) < 4.78 is 24.5. The van der Waals surface area contributed by atoms with Crippen molar-refractivity contribution in [2.75, 3.05) is 12.8 Å². The largest absolute Gasteiger partial charge is 0.390 e. The van der Waals surface area contributed by atoms with Gasteiger partial charge in [-0.25, -0.2) is 13.1 Å². The van der Waals surface area contributed by atoms with Crippen LogP contribution in [0.4, 0.5) is 0 Å². The molecule has 0 saturated carbocycles. The summed E-state index contributed by atoms with van der Waals surface area (Å²) in [6.07, 6.45) is 1.52. The van der Waals surface area contributed by atoms with Gasteiger partial charge in [0.25, 0.3) is 0 Å². The molecular weight excluding hydrogens is 264 g/mol. The van der Waals surface area contributed by atoms with E-state index in [0.717, 1.165) is 17.5 Å². The Bertz CT molecular complexity index is 608. The smallest absolute Gasteiger partial charge is 0.208 e. The van der Waals surface area contributed by atoms with E-state index in [2.05, 4.69) is 35.9 Å². The van der Waals surface area contributed by atoms with Gasteiger partial charge in [0, 0.05) is 6.42 Å². The molecule has 19 heavy (non-hydrogen) atoms. The molecule has 2 rings (SSSR count). The van der Waals surface area contributed by atoms with E-state index in [9.17, 15) is 8.42 Å². The zero-order valence-electron chi connectivity index (χ0n) is 11.3. The Balaban J connectivity index is 1.99. The van der Waals surface area contributed by atoms with Crippen LogP contribution >= 0.6 is 0 Å². The van der Waals surface area contributed by atoms with Gasteiger partial charge >= 0.3 is 0 Å². The van der Waals surface area contributed by atoms with Crippen molar-refractivity contribution in [1.82, 2.24) is 4.72 Å². The van der Waals surface area contributed by atoms with E-state index in [0.29, 0.717) is 6.42 Å². The average molecular weight is 282 g/mol. The van der Waals surface area contributed by atoms with Crippen molar-refractivity contribution in [3.63, 3.8) is 0 Å². The van der Waals surface area contributed by atoms with E-state index in [4.69, 9.17) is 4.84 Å². The molecule has 1 unspecified atom stereocenters. The maximum absolute atomic E-state index is 11.0. The Morgan fingerprint density at radius 3 is 2.74 bits per heavy atom. The van der Waals surface area contributed by atoms with Gasteiger partial charge in [-0.05, 0) is 36.6 Å². The summed E-state index contributed by atoms with van der Waals surface area (Å²) in [6.45, 7) is 4.36. The fourth-order valence-corrected chi connectivity index (χ4v) is 2.36. The van der Waals surface area contributed by atoms with Gasteiger partial charge in [0.05, 0.1) is 18.5 Å². The van der Waals surface area contributed by atoms with Crippen molar-refractivity contribution in [3.8, 4) is 0 Å². The molecule has 1 N–H and O–H groups in total. The van der Waals surface area contributed by atoms with Crippen molar-refractivity contribution >= 4 is 15.7 Å². The third-order valence-electron chi connectivity index (χ3n) is 3.15. The molecule has 1 atom stereocenters. The third-order valence-corrected chi connectivity index (χ3v) is 3.84. The van der Waals surface area contributed by atoms with E-state index in [-0.39, 0.29) is 12.6 Å². The molecular formula is C13H18N2O3S. The van der Waals surface area contributed by atoms with Crippen molar-refractivity contribution in [2.45, 2.75) is 26.4 Å². The van der Waals surface area contributed by atoms with Crippen LogP contribution in [-0.4, -0.2) is 33.0 Å². The average Bonchev–Trinajstić information content (AvgIpc) is 2.78. The molecule has 0 radical (unpaired) electrons. The Labute approximate surface area is 113 Å². The number of oxime groups is 1. The molecule has 0 aliphatic carbocycles. The van der Waals surface area contributed by atoms with E-state index >= 15 is 0 Å². The number of nitrogens with zero attached hydrogens (tertiary/aromatic N) is 1. The maximum atomic E-state index is 11.0. The lowest BCUT2D eigenvalue weighted by Gasteiger charge is -2.08. The van der Waals surface area contributed by atoms with Crippen LogP contribution < -0.4 is 4.72 Å². The summed E-state index contributed by atoms with van der Waals surface area (Å²) in [7, 11) is -3.19. The lowest BCUT2D eigenvalue weighted by atomic mass is 10.0. The first-order chi connectivity index (χ1) is 8.85. The first-order valence-electron chi connectivity index (χ1n) is 6.10. The first kappa shape index (κ1) is 14.0. The van der Waals surface area contributed by atoms with E-state index in [1.54, 1.807) is 0 Å². The standard InChI is InChI=1S/C13H18N2O3S/c1-9-4-5-11(6-10(9)2)13-7-12(18-15-13)8-14-19(3,16)17/h4-6,12,14H,7-8H2,1-3H3. The van der Waals surface area contributed by atoms with Crippen LogP contribution in [0, 0.1) is 13.8 Å². The normalized spacial score (nSPS) is 19.1. The molecule has 0 aromatic heterocycles. The van der Waals surface area contributed by atoms with Gasteiger partial charge in [-0.1, -0.05) is 17.3 Å². The molecule has 0 amide bonds. The molecule has 1 heterocycles. The van der Waals surface area contributed by atoms with Crippen molar-refractivity contribution in [3.05, 3.63) is 34.9 Å². The third kappa shape index (κ3) is 3.78. The summed E-state index contributed by atoms with van der Waals surface area (Å²) in [6, 6.07) is 6.13. The molecule has 1 aliphatic heterocycles. The predicted octanol–water partition coefficient (Wildman–Crippen LogP) is 1.35. The van der Waals surface area contributed by atoms with Crippen LogP contribution in [-0.2, 0) is 14.9 Å². The molecule has 0 fully saturated rings. The summed E-state index contributed by atoms with van der Waals surface area (Å²) in [4.78, 5) is 5.25. The van der Waals surface area contributed by atoms with Gasteiger partial charge in [-0.15, -0.1) is 0 Å². The minimum atomic E-state index is -3.19. The Kier molecular flexibility index (Phi) is 3.91. The second-order valence-electron chi connectivity index (χ2n) is 4.89. The van der Waals surface area contributed by atoms with Crippen molar-refractivity contribution in [1.29, 1.82) is 0 Å². The van der Waals surface area contributed by atoms with Crippen molar-refractivity contribution in [2.24, 2.45) is 5.16 Å². The molecule has 1 aliphatic rings. The highest BCUT2D eigenvalue weighted by Gasteiger charge is 2.23. The monoisotopic (exact) mass is 282 g/mol. The van der Waals surface area contributed by atoms with Gasteiger partial charge in [0.2, 0.25) is 10.0 Å². The van der Waals surface area contributed by atoms with Gasteiger partial charge in [0.15, 0.2) is 0 Å². The number of hydrogen-bond acceptors (Lipinski definition) is 4. The number of benzene rings is 1. The number of nitrogens with one attached hydrogen (secondary N) is 1. The SMILES string of the molecule is Cc1ccc(C2=NOC(CNS(C)(=O)=O)C2)cc1C. The summed E-state index contributed by atoms with van der Waals surface area (Å²) in [5, 5.41) is 4.04. The van der Waals surface area contributed by atoms with E-state index < -0.39 is 10.0 Å². The minimum absolute atomic E-state index is 0.230. The fraction of sp³-hybridized carbons (Fsp3) is 0.462. The summed E-state index contributed by atoms with van der Waals surface area (Å²) >= 11 is 0. The topological polar surface area (TPSA) is 67.8 Å². The zero-order chi connectivity index (χ0) is 14.0. The Morgan fingerprint density at radius 2 is 2.11 bits per heavy atom. The van der Waals surface area contributed by atoms with Gasteiger partial charge in [-0.2, -0.15) is 0 Å². The molecule has 6 heteroatoms. The summed E-state index contributed by atoms with van der Waals surface area (Å²) in [5.41, 5.74) is 4.34. The molecule has 104 valence electrons. The van der Waals surface area contributed by atoms with Crippen LogP contribution in [0.25, 0.3) is 0 Å². The van der Waals surface area contributed by atoms with Gasteiger partial charge < -0.3 is 4.84 Å². The molecule has 0 spiro atoms. The van der Waals surface area contributed by atoms with Crippen LogP contribution in [0.1, 0.15) is 23.1 Å². The fourth-order valence-electron chi connectivity index (χ4n) is 1.87. The van der Waals surface area contributed by atoms with Gasteiger partial charge in [0.1, 0.15) is 6.10 Å². The van der Waals surface area contributed by atoms with Gasteiger partial charge in [-0.3, -0.25) is 0 Å². The van der Waals surface area contributed by atoms with E-state index in [1.807, 2.05) is 6.07 Å². The number of rotatable bonds is 4. The second-order valence-corrected chi connectivity index (χ2v) is 6.72. The van der Waals surface area contributed by atoms with Crippen LogP contribution in [0.15, 0.2) is 23.4 Å². The maximum Gasteiger partial charge on any atom is 0.208 e. The highest BCUT2D eigenvalue weighted by atomic mass is 32.2. The zero-order valence-corrected chi connectivity index (χ0v) is 12.1. The Morgan fingerprint density at radius 1 is 1.37 bits per heavy atom. The highest BCUT2D eigenvalue weighted by Crippen LogP contribution is 2.18. The first-order valence-corrected chi connectivity index (χ1v) is 7.99. The second kappa shape index (κ2) is 5.30. The van der Waals surface area contributed by atoms with Crippen molar-refractivity contribution < 1.29 is 13.3 Å². The number of hydrogen-bond donors (Lipinski definition) is 1. The molecule has 1 aromatic rings. The highest BCUT2D eigenvalue weighted by molar-refractivity contribution is 7.88. The quantitative estimate of drug-likeness (QED) is 0.906. The lowest BCUT2D eigenvalue weighted by Crippen LogP contribution is -2.31. The van der Waals surface area contributed by atoms with Crippen LogP contribution in [0.2, 0.25) is 0 Å². The number of aryl methyl sites for hydroxylation is 2. The lowest BCUT2D eigenvalue weighted by molar-refractivity contribution is 0.0891. The molecule has 1 aromatic carbocycles. The van der Waals surface area contributed by atoms with E-state index in [1.165, 1.54) is 11.1 Å².